The van der Waals surface area contributed by atoms with Crippen molar-refractivity contribution in [1.82, 2.24) is 9.55 Å². The van der Waals surface area contributed by atoms with E-state index < -0.39 is 0 Å². The maximum Gasteiger partial charge on any atom is 0.125 e. The number of aromatic nitrogens is 2. The third-order valence-electron chi connectivity index (χ3n) is 3.70. The first-order chi connectivity index (χ1) is 8.64. The summed E-state index contributed by atoms with van der Waals surface area (Å²) in [5, 5.41) is 8.95. The van der Waals surface area contributed by atoms with Crippen LogP contribution in [0.1, 0.15) is 31.2 Å². The van der Waals surface area contributed by atoms with Crippen LogP contribution >= 0.6 is 11.8 Å². The van der Waals surface area contributed by atoms with Gasteiger partial charge in [-0.05, 0) is 43.7 Å². The fraction of sp³-hybridized carbons (Fsp3) is 0.429. The van der Waals surface area contributed by atoms with E-state index in [2.05, 4.69) is 24.6 Å². The first kappa shape index (κ1) is 11.6. The minimum atomic E-state index is 0.126. The van der Waals surface area contributed by atoms with E-state index in [0.717, 1.165) is 16.9 Å². The summed E-state index contributed by atoms with van der Waals surface area (Å²) in [7, 11) is 2.07. The summed E-state index contributed by atoms with van der Waals surface area (Å²) < 4.78 is 2.30. The van der Waals surface area contributed by atoms with Crippen molar-refractivity contribution in [2.45, 2.75) is 24.5 Å². The predicted octanol–water partition coefficient (Wildman–Crippen LogP) is 3.19. The molecule has 1 aliphatic rings. The lowest BCUT2D eigenvalue weighted by Gasteiger charge is -2.21. The Hall–Kier alpha value is -1.47. The number of nitriles is 1. The van der Waals surface area contributed by atoms with Gasteiger partial charge in [-0.3, -0.25) is 0 Å². The van der Waals surface area contributed by atoms with Gasteiger partial charge < -0.3 is 4.57 Å². The number of hydrogen-bond donors (Lipinski definition) is 0. The molecule has 1 saturated heterocycles. The molecule has 1 aromatic carbocycles. The molecule has 4 heteroatoms. The van der Waals surface area contributed by atoms with Crippen LogP contribution in [0.4, 0.5) is 0 Å². The summed E-state index contributed by atoms with van der Waals surface area (Å²) >= 11 is 1.99. The van der Waals surface area contributed by atoms with E-state index in [1.165, 1.54) is 18.6 Å². The Morgan fingerprint density at radius 1 is 1.50 bits per heavy atom. The van der Waals surface area contributed by atoms with Crippen LogP contribution in [-0.4, -0.2) is 15.3 Å². The highest BCUT2D eigenvalue weighted by atomic mass is 32.2. The number of aryl methyl sites for hydroxylation is 1. The van der Waals surface area contributed by atoms with Gasteiger partial charge in [-0.25, -0.2) is 4.98 Å². The number of rotatable bonds is 1. The van der Waals surface area contributed by atoms with Gasteiger partial charge in [-0.2, -0.15) is 5.26 Å². The monoisotopic (exact) mass is 257 g/mol. The molecule has 3 nitrogen and oxygen atoms in total. The van der Waals surface area contributed by atoms with Gasteiger partial charge in [0.1, 0.15) is 5.82 Å². The standard InChI is InChI=1S/C14H15N3S/c1-14(6-3-7-18-14)13-16-11-8-10(9-15)4-5-12(11)17(13)2/h4-5,8H,3,6-7H2,1-2H3. The van der Waals surface area contributed by atoms with E-state index in [4.69, 9.17) is 10.2 Å². The molecule has 1 unspecified atom stereocenters. The van der Waals surface area contributed by atoms with Crippen LogP contribution in [-0.2, 0) is 11.8 Å². The van der Waals surface area contributed by atoms with Crippen molar-refractivity contribution in [3.05, 3.63) is 29.6 Å². The highest BCUT2D eigenvalue weighted by molar-refractivity contribution is 8.00. The summed E-state index contributed by atoms with van der Waals surface area (Å²) in [5.74, 6) is 2.35. The molecule has 1 aliphatic heterocycles. The molecule has 1 atom stereocenters. The van der Waals surface area contributed by atoms with Crippen molar-refractivity contribution in [1.29, 1.82) is 5.26 Å². The highest BCUT2D eigenvalue weighted by Gasteiger charge is 2.35. The van der Waals surface area contributed by atoms with Crippen molar-refractivity contribution in [3.8, 4) is 6.07 Å². The van der Waals surface area contributed by atoms with E-state index in [9.17, 15) is 0 Å². The van der Waals surface area contributed by atoms with E-state index in [0.29, 0.717) is 5.56 Å². The molecule has 0 aliphatic carbocycles. The molecule has 1 fully saturated rings. The van der Waals surface area contributed by atoms with Gasteiger partial charge in [0, 0.05) is 7.05 Å². The molecule has 0 bridgehead atoms. The molecular weight excluding hydrogens is 242 g/mol. The average molecular weight is 257 g/mol. The number of benzene rings is 1. The lowest BCUT2D eigenvalue weighted by molar-refractivity contribution is 0.584. The largest absolute Gasteiger partial charge is 0.330 e. The van der Waals surface area contributed by atoms with Crippen LogP contribution in [0.25, 0.3) is 11.0 Å². The second-order valence-electron chi connectivity index (χ2n) is 4.99. The SMILES string of the molecule is Cn1c(C2(C)CCCS2)nc2cc(C#N)ccc21. The van der Waals surface area contributed by atoms with Crippen LogP contribution in [0.15, 0.2) is 18.2 Å². The van der Waals surface area contributed by atoms with Gasteiger partial charge in [-0.15, -0.1) is 11.8 Å². The van der Waals surface area contributed by atoms with Crippen LogP contribution < -0.4 is 0 Å². The van der Waals surface area contributed by atoms with Crippen LogP contribution in [0.2, 0.25) is 0 Å². The van der Waals surface area contributed by atoms with E-state index in [1.54, 1.807) is 0 Å². The fourth-order valence-corrected chi connectivity index (χ4v) is 4.04. The predicted molar refractivity (Wildman–Crippen MR) is 74.5 cm³/mol. The molecule has 0 amide bonds. The van der Waals surface area contributed by atoms with Crippen molar-refractivity contribution in [3.63, 3.8) is 0 Å². The van der Waals surface area contributed by atoms with Gasteiger partial charge in [-0.1, -0.05) is 0 Å². The van der Waals surface area contributed by atoms with Crippen LogP contribution in [0, 0.1) is 11.3 Å². The second-order valence-corrected chi connectivity index (χ2v) is 6.59. The van der Waals surface area contributed by atoms with E-state index in [-0.39, 0.29) is 4.75 Å². The maximum absolute atomic E-state index is 8.95. The molecule has 2 heterocycles. The molecule has 2 aromatic rings. The first-order valence-electron chi connectivity index (χ1n) is 6.15. The maximum atomic E-state index is 8.95. The van der Waals surface area contributed by atoms with Crippen LogP contribution in [0.3, 0.4) is 0 Å². The van der Waals surface area contributed by atoms with E-state index >= 15 is 0 Å². The third-order valence-corrected chi connectivity index (χ3v) is 5.22. The number of imidazole rings is 1. The Morgan fingerprint density at radius 2 is 2.33 bits per heavy atom. The molecule has 0 saturated carbocycles. The third kappa shape index (κ3) is 1.62. The van der Waals surface area contributed by atoms with Crippen molar-refractivity contribution < 1.29 is 0 Å². The Morgan fingerprint density at radius 3 is 3.00 bits per heavy atom. The average Bonchev–Trinajstić information content (AvgIpc) is 2.95. The van der Waals surface area contributed by atoms with E-state index in [1.807, 2.05) is 30.0 Å². The molecule has 0 spiro atoms. The molecule has 0 radical (unpaired) electrons. The molecule has 18 heavy (non-hydrogen) atoms. The Kier molecular flexibility index (Phi) is 2.60. The molecular formula is C14H15N3S. The van der Waals surface area contributed by atoms with Gasteiger partial charge >= 0.3 is 0 Å². The number of hydrogen-bond acceptors (Lipinski definition) is 3. The van der Waals surface area contributed by atoms with Gasteiger partial charge in [0.25, 0.3) is 0 Å². The highest BCUT2D eigenvalue weighted by Crippen LogP contribution is 2.46. The topological polar surface area (TPSA) is 41.6 Å². The minimum Gasteiger partial charge on any atom is -0.330 e. The molecule has 0 N–H and O–H groups in total. The molecule has 1 aromatic heterocycles. The number of fused-ring (bicyclic) bond motifs is 1. The zero-order valence-corrected chi connectivity index (χ0v) is 11.4. The normalized spacial score (nSPS) is 23.4. The fourth-order valence-electron chi connectivity index (χ4n) is 2.70. The minimum absolute atomic E-state index is 0.126. The van der Waals surface area contributed by atoms with Crippen molar-refractivity contribution in [2.75, 3.05) is 5.75 Å². The zero-order chi connectivity index (χ0) is 12.8. The summed E-state index contributed by atoms with van der Waals surface area (Å²) in [5.41, 5.74) is 2.72. The smallest absolute Gasteiger partial charge is 0.125 e. The summed E-state index contributed by atoms with van der Waals surface area (Å²) in [6.07, 6.45) is 2.44. The summed E-state index contributed by atoms with van der Waals surface area (Å²) in [6.45, 7) is 2.27. The Bertz CT molecular complexity index is 645. The quantitative estimate of drug-likeness (QED) is 0.788. The van der Waals surface area contributed by atoms with Gasteiger partial charge in [0.15, 0.2) is 0 Å². The number of nitrogens with zero attached hydrogens (tertiary/aromatic N) is 3. The first-order valence-corrected chi connectivity index (χ1v) is 7.14. The Balaban J connectivity index is 2.19. The lowest BCUT2D eigenvalue weighted by Crippen LogP contribution is -2.18. The van der Waals surface area contributed by atoms with Gasteiger partial charge in [0.05, 0.1) is 27.4 Å². The van der Waals surface area contributed by atoms with Crippen molar-refractivity contribution >= 4 is 22.8 Å². The molecule has 92 valence electrons. The zero-order valence-electron chi connectivity index (χ0n) is 10.6. The van der Waals surface area contributed by atoms with Crippen LogP contribution in [0.5, 0.6) is 0 Å². The number of thioether (sulfide) groups is 1. The second kappa shape index (κ2) is 4.03. The van der Waals surface area contributed by atoms with Gasteiger partial charge in [0.2, 0.25) is 0 Å². The Labute approximate surface area is 111 Å². The molecule has 3 rings (SSSR count). The lowest BCUT2D eigenvalue weighted by atomic mass is 10.1. The summed E-state index contributed by atoms with van der Waals surface area (Å²) in [6, 6.07) is 7.90. The van der Waals surface area contributed by atoms with Crippen molar-refractivity contribution in [2.24, 2.45) is 7.05 Å². The summed E-state index contributed by atoms with van der Waals surface area (Å²) in [4.78, 5) is 4.77.